The highest BCUT2D eigenvalue weighted by Gasteiger charge is 2.17. The van der Waals surface area contributed by atoms with Gasteiger partial charge in [0.05, 0.1) is 7.11 Å². The fourth-order valence-corrected chi connectivity index (χ4v) is 2.32. The van der Waals surface area contributed by atoms with Crippen LogP contribution in [-0.2, 0) is 16.0 Å². The topological polar surface area (TPSA) is 26.3 Å². The number of alkyl halides is 1. The van der Waals surface area contributed by atoms with Gasteiger partial charge in [-0.2, -0.15) is 0 Å². The van der Waals surface area contributed by atoms with Crippen LogP contribution in [0.4, 0.5) is 4.39 Å². The summed E-state index contributed by atoms with van der Waals surface area (Å²) in [6.07, 6.45) is 0.491. The van der Waals surface area contributed by atoms with Crippen molar-refractivity contribution in [2.45, 2.75) is 11.2 Å². The van der Waals surface area contributed by atoms with Crippen molar-refractivity contribution in [3.8, 4) is 0 Å². The molecule has 1 aromatic carbocycles. The van der Waals surface area contributed by atoms with Gasteiger partial charge in [-0.05, 0) is 46.7 Å². The molecule has 1 rings (SSSR count). The minimum Gasteiger partial charge on any atom is -0.468 e. The first-order valence-corrected chi connectivity index (χ1v) is 6.20. The number of carbonyl (C=O) groups excluding carboxylic acids is 1. The quantitative estimate of drug-likeness (QED) is 0.453. The number of halogens is 3. The summed E-state index contributed by atoms with van der Waals surface area (Å²) in [6.45, 7) is 0. The Kier molecular flexibility index (Phi) is 4.98. The maximum atomic E-state index is 12.8. The molecule has 15 heavy (non-hydrogen) atoms. The summed E-state index contributed by atoms with van der Waals surface area (Å²) in [7, 11) is 1.34. The van der Waals surface area contributed by atoms with Crippen molar-refractivity contribution in [1.82, 2.24) is 0 Å². The smallest absolute Gasteiger partial charge is 0.319 e. The van der Waals surface area contributed by atoms with Gasteiger partial charge in [-0.3, -0.25) is 4.79 Å². The first kappa shape index (κ1) is 12.9. The van der Waals surface area contributed by atoms with Crippen LogP contribution in [0.25, 0.3) is 0 Å². The fraction of sp³-hybridized carbons (Fsp3) is 0.300. The molecule has 0 amide bonds. The van der Waals surface area contributed by atoms with E-state index >= 15 is 0 Å². The standard InChI is InChI=1S/C10H9BrFIO2/c1-15-10(14)8(11)4-6-2-3-7(12)5-9(6)13/h2-3,5,8H,4H2,1H3. The van der Waals surface area contributed by atoms with E-state index in [9.17, 15) is 9.18 Å². The minimum atomic E-state index is -0.388. The van der Waals surface area contributed by atoms with Crippen molar-refractivity contribution < 1.29 is 13.9 Å². The maximum absolute atomic E-state index is 12.8. The number of esters is 1. The monoisotopic (exact) mass is 386 g/mol. The largest absolute Gasteiger partial charge is 0.468 e. The third-order valence-electron chi connectivity index (χ3n) is 1.87. The van der Waals surface area contributed by atoms with Gasteiger partial charge in [-0.25, -0.2) is 4.39 Å². The summed E-state index contributed by atoms with van der Waals surface area (Å²) < 4.78 is 18.2. The van der Waals surface area contributed by atoms with Crippen LogP contribution >= 0.6 is 38.5 Å². The van der Waals surface area contributed by atoms with Crippen LogP contribution in [0.3, 0.4) is 0 Å². The maximum Gasteiger partial charge on any atom is 0.319 e. The van der Waals surface area contributed by atoms with E-state index in [1.807, 2.05) is 22.6 Å². The lowest BCUT2D eigenvalue weighted by Crippen LogP contribution is -2.18. The van der Waals surface area contributed by atoms with Gasteiger partial charge in [0.15, 0.2) is 0 Å². The summed E-state index contributed by atoms with van der Waals surface area (Å²) in [5.74, 6) is -0.595. The lowest BCUT2D eigenvalue weighted by atomic mass is 10.1. The molecule has 5 heteroatoms. The molecule has 0 spiro atoms. The Morgan fingerprint density at radius 3 is 2.87 bits per heavy atom. The molecular formula is C10H9BrFIO2. The average Bonchev–Trinajstić information content (AvgIpc) is 2.20. The number of carbonyl (C=O) groups is 1. The van der Waals surface area contributed by atoms with Crippen LogP contribution in [0.1, 0.15) is 5.56 Å². The molecule has 0 aliphatic heterocycles. The Hall–Kier alpha value is -0.170. The molecule has 0 heterocycles. The van der Waals surface area contributed by atoms with Crippen molar-refractivity contribution in [3.63, 3.8) is 0 Å². The van der Waals surface area contributed by atoms with E-state index in [4.69, 9.17) is 0 Å². The second-order valence-electron chi connectivity index (χ2n) is 2.93. The van der Waals surface area contributed by atoms with E-state index in [-0.39, 0.29) is 16.6 Å². The molecule has 1 atom stereocenters. The van der Waals surface area contributed by atoms with Crippen LogP contribution in [0.2, 0.25) is 0 Å². The lowest BCUT2D eigenvalue weighted by molar-refractivity contribution is -0.139. The van der Waals surface area contributed by atoms with Gasteiger partial charge in [-0.15, -0.1) is 0 Å². The molecule has 0 N–H and O–H groups in total. The van der Waals surface area contributed by atoms with E-state index in [1.165, 1.54) is 19.2 Å². The van der Waals surface area contributed by atoms with Crippen molar-refractivity contribution >= 4 is 44.5 Å². The molecule has 0 aliphatic carbocycles. The lowest BCUT2D eigenvalue weighted by Gasteiger charge is -2.09. The van der Waals surface area contributed by atoms with E-state index in [0.717, 1.165) is 9.13 Å². The molecule has 0 bridgehead atoms. The molecule has 2 nitrogen and oxygen atoms in total. The van der Waals surface area contributed by atoms with Gasteiger partial charge < -0.3 is 4.74 Å². The minimum absolute atomic E-state index is 0.271. The molecule has 1 aromatic rings. The third-order valence-corrected chi connectivity index (χ3v) is 3.57. The van der Waals surface area contributed by atoms with Gasteiger partial charge in [0, 0.05) is 3.57 Å². The van der Waals surface area contributed by atoms with Crippen LogP contribution in [0.15, 0.2) is 18.2 Å². The number of hydrogen-bond donors (Lipinski definition) is 0. The number of hydrogen-bond acceptors (Lipinski definition) is 2. The van der Waals surface area contributed by atoms with Gasteiger partial charge in [0.25, 0.3) is 0 Å². The van der Waals surface area contributed by atoms with Crippen molar-refractivity contribution in [3.05, 3.63) is 33.1 Å². The Labute approximate surface area is 109 Å². The van der Waals surface area contributed by atoms with E-state index in [2.05, 4.69) is 20.7 Å². The van der Waals surface area contributed by atoms with E-state index in [0.29, 0.717) is 6.42 Å². The summed E-state index contributed by atoms with van der Waals surface area (Å²) in [6, 6.07) is 4.50. The molecule has 0 aliphatic rings. The van der Waals surface area contributed by atoms with Crippen molar-refractivity contribution in [2.24, 2.45) is 0 Å². The van der Waals surface area contributed by atoms with Gasteiger partial charge in [0.1, 0.15) is 10.6 Å². The van der Waals surface area contributed by atoms with Gasteiger partial charge in [-0.1, -0.05) is 22.0 Å². The summed E-state index contributed by atoms with van der Waals surface area (Å²) in [5, 5.41) is 0. The fourth-order valence-electron chi connectivity index (χ4n) is 1.09. The Bertz CT molecular complexity index is 370. The molecule has 0 fully saturated rings. The number of benzene rings is 1. The second kappa shape index (κ2) is 5.79. The molecule has 0 aromatic heterocycles. The molecule has 1 unspecified atom stereocenters. The van der Waals surface area contributed by atoms with E-state index < -0.39 is 0 Å². The zero-order valence-electron chi connectivity index (χ0n) is 7.97. The normalized spacial score (nSPS) is 12.3. The second-order valence-corrected chi connectivity index (χ2v) is 5.20. The van der Waals surface area contributed by atoms with Crippen LogP contribution < -0.4 is 0 Å². The average molecular weight is 387 g/mol. The first-order chi connectivity index (χ1) is 7.04. The van der Waals surface area contributed by atoms with Crippen LogP contribution in [0, 0.1) is 9.39 Å². The van der Waals surface area contributed by atoms with Crippen molar-refractivity contribution in [2.75, 3.05) is 7.11 Å². The number of rotatable bonds is 3. The molecule has 82 valence electrons. The summed E-state index contributed by atoms with van der Waals surface area (Å²) in [4.78, 5) is 10.8. The van der Waals surface area contributed by atoms with Gasteiger partial charge >= 0.3 is 5.97 Å². The molecular weight excluding hydrogens is 378 g/mol. The first-order valence-electron chi connectivity index (χ1n) is 4.20. The highest BCUT2D eigenvalue weighted by molar-refractivity contribution is 14.1. The highest BCUT2D eigenvalue weighted by atomic mass is 127. The van der Waals surface area contributed by atoms with Crippen molar-refractivity contribution in [1.29, 1.82) is 0 Å². The number of ether oxygens (including phenoxy) is 1. The SMILES string of the molecule is COC(=O)C(Br)Cc1ccc(F)cc1I. The molecule has 0 saturated heterocycles. The third kappa shape index (κ3) is 3.71. The highest BCUT2D eigenvalue weighted by Crippen LogP contribution is 2.18. The predicted molar refractivity (Wildman–Crippen MR) is 67.6 cm³/mol. The molecule has 0 saturated carbocycles. The summed E-state index contributed by atoms with van der Waals surface area (Å²) in [5.41, 5.74) is 0.921. The van der Waals surface area contributed by atoms with Crippen LogP contribution in [0.5, 0.6) is 0 Å². The molecule has 0 radical (unpaired) electrons. The van der Waals surface area contributed by atoms with Gasteiger partial charge in [0.2, 0.25) is 0 Å². The van der Waals surface area contributed by atoms with E-state index in [1.54, 1.807) is 6.07 Å². The number of methoxy groups -OCH3 is 1. The summed E-state index contributed by atoms with van der Waals surface area (Å²) >= 11 is 5.26. The zero-order valence-corrected chi connectivity index (χ0v) is 11.7. The predicted octanol–water partition coefficient (Wildman–Crippen LogP) is 2.91. The zero-order chi connectivity index (χ0) is 11.4. The van der Waals surface area contributed by atoms with Crippen LogP contribution in [-0.4, -0.2) is 17.9 Å². The Balaban J connectivity index is 2.76. The Morgan fingerprint density at radius 2 is 2.33 bits per heavy atom. The Morgan fingerprint density at radius 1 is 1.67 bits per heavy atom.